The summed E-state index contributed by atoms with van der Waals surface area (Å²) in [6, 6.07) is -0.759. The first-order valence-electron chi connectivity index (χ1n) is 15.1. The zero-order valence-electron chi connectivity index (χ0n) is 24.7. The SMILES string of the molecule is C=CCN(CCCC)C(=O)C1N(CCCCCCO)C(=O)[C@@H]2[C@@H](C(=O)N(CC=C)CCC)[C@]3(C)OC12CC3C. The van der Waals surface area contributed by atoms with E-state index in [-0.39, 0.29) is 30.2 Å². The monoisotopic (exact) mass is 545 g/mol. The number of carbonyl (C=O) groups is 3. The Morgan fingerprint density at radius 2 is 1.67 bits per heavy atom. The van der Waals surface area contributed by atoms with Gasteiger partial charge in [0.25, 0.3) is 0 Å². The highest BCUT2D eigenvalue weighted by Crippen LogP contribution is 2.65. The van der Waals surface area contributed by atoms with Crippen molar-refractivity contribution in [3.63, 3.8) is 0 Å². The molecule has 3 aliphatic rings. The minimum absolute atomic E-state index is 0.0195. The van der Waals surface area contributed by atoms with Gasteiger partial charge in [-0.2, -0.15) is 0 Å². The van der Waals surface area contributed by atoms with Gasteiger partial charge in [-0.05, 0) is 44.9 Å². The normalized spacial score (nSPS) is 30.9. The highest BCUT2D eigenvalue weighted by Gasteiger charge is 2.80. The minimum Gasteiger partial charge on any atom is -0.396 e. The molecule has 3 unspecified atom stereocenters. The lowest BCUT2D eigenvalue weighted by molar-refractivity contribution is -0.154. The number of hydrogen-bond acceptors (Lipinski definition) is 5. The largest absolute Gasteiger partial charge is 0.396 e. The van der Waals surface area contributed by atoms with E-state index in [0.717, 1.165) is 44.9 Å². The summed E-state index contributed by atoms with van der Waals surface area (Å²) in [6.45, 7) is 18.5. The third kappa shape index (κ3) is 5.69. The van der Waals surface area contributed by atoms with Crippen molar-refractivity contribution in [1.82, 2.24) is 14.7 Å². The minimum atomic E-state index is -1.02. The fraction of sp³-hybridized carbons (Fsp3) is 0.774. The van der Waals surface area contributed by atoms with Crippen LogP contribution in [0.1, 0.15) is 79.1 Å². The molecule has 8 nitrogen and oxygen atoms in total. The van der Waals surface area contributed by atoms with Gasteiger partial charge in [0, 0.05) is 39.3 Å². The highest BCUT2D eigenvalue weighted by atomic mass is 16.5. The summed E-state index contributed by atoms with van der Waals surface area (Å²) in [5.41, 5.74) is -1.84. The maximum Gasteiger partial charge on any atom is 0.248 e. The molecule has 8 heteroatoms. The Hall–Kier alpha value is -2.19. The van der Waals surface area contributed by atoms with Gasteiger partial charge >= 0.3 is 0 Å². The van der Waals surface area contributed by atoms with Crippen LogP contribution in [-0.2, 0) is 19.1 Å². The Balaban J connectivity index is 2.04. The average Bonchev–Trinajstić information content (AvgIpc) is 3.42. The molecule has 0 aromatic heterocycles. The van der Waals surface area contributed by atoms with Crippen molar-refractivity contribution in [3.8, 4) is 0 Å². The molecule has 3 fully saturated rings. The molecule has 220 valence electrons. The van der Waals surface area contributed by atoms with E-state index in [1.807, 2.05) is 18.7 Å². The van der Waals surface area contributed by atoms with Crippen molar-refractivity contribution in [3.05, 3.63) is 25.3 Å². The first kappa shape index (κ1) is 31.3. The standard InChI is InChI=1S/C31H51N3O5/c1-7-11-19-33(18-10-4)29(38)26-31-22-23(5)30(6,39-31)24(27(36)32(16-8-2)17-9-3)25(31)28(37)34(26)20-14-12-13-15-21-35/h8,10,23-26,35H,2,4,7,9,11-22H2,1,3,5-6H3/t23?,24-,25-,26?,30+,31?/m0/s1. The Morgan fingerprint density at radius 3 is 2.26 bits per heavy atom. The van der Waals surface area contributed by atoms with Gasteiger partial charge in [-0.3, -0.25) is 14.4 Å². The van der Waals surface area contributed by atoms with Gasteiger partial charge in [-0.15, -0.1) is 13.2 Å². The molecule has 3 heterocycles. The van der Waals surface area contributed by atoms with Gasteiger partial charge in [0.15, 0.2) is 0 Å². The number of hydrogen-bond donors (Lipinski definition) is 1. The van der Waals surface area contributed by atoms with Crippen LogP contribution in [0.5, 0.6) is 0 Å². The number of rotatable bonds is 17. The summed E-state index contributed by atoms with van der Waals surface area (Å²) in [6.07, 6.45) is 9.83. The molecule has 0 aromatic carbocycles. The van der Waals surface area contributed by atoms with Crippen molar-refractivity contribution in [2.75, 3.05) is 39.3 Å². The zero-order chi connectivity index (χ0) is 28.8. The van der Waals surface area contributed by atoms with Gasteiger partial charge < -0.3 is 24.5 Å². The zero-order valence-corrected chi connectivity index (χ0v) is 24.7. The molecule has 1 spiro atoms. The summed E-state index contributed by atoms with van der Waals surface area (Å²) < 4.78 is 6.89. The first-order valence-corrected chi connectivity index (χ1v) is 15.1. The molecule has 39 heavy (non-hydrogen) atoms. The van der Waals surface area contributed by atoms with E-state index in [1.54, 1.807) is 22.0 Å². The lowest BCUT2D eigenvalue weighted by Gasteiger charge is -2.39. The Bertz CT molecular complexity index is 909. The number of unbranched alkanes of at least 4 members (excludes halogenated alkanes) is 4. The molecule has 3 rings (SSSR count). The van der Waals surface area contributed by atoms with Crippen LogP contribution in [0.3, 0.4) is 0 Å². The van der Waals surface area contributed by atoms with Crippen molar-refractivity contribution >= 4 is 17.7 Å². The lowest BCUT2D eigenvalue weighted by atomic mass is 9.62. The van der Waals surface area contributed by atoms with Crippen LogP contribution in [0.15, 0.2) is 25.3 Å². The molecule has 1 N–H and O–H groups in total. The molecule has 3 saturated heterocycles. The summed E-state index contributed by atoms with van der Waals surface area (Å²) in [7, 11) is 0. The quantitative estimate of drug-likeness (QED) is 0.222. The van der Waals surface area contributed by atoms with Gasteiger partial charge in [-0.1, -0.05) is 52.2 Å². The van der Waals surface area contributed by atoms with Crippen LogP contribution < -0.4 is 0 Å². The molecular formula is C31H51N3O5. The van der Waals surface area contributed by atoms with E-state index in [0.29, 0.717) is 39.1 Å². The predicted molar refractivity (Wildman–Crippen MR) is 153 cm³/mol. The fourth-order valence-corrected chi connectivity index (χ4v) is 7.27. The van der Waals surface area contributed by atoms with E-state index in [4.69, 9.17) is 9.84 Å². The second-order valence-electron chi connectivity index (χ2n) is 11.9. The number of amides is 3. The maximum atomic E-state index is 14.3. The molecule has 0 radical (unpaired) electrons. The van der Waals surface area contributed by atoms with E-state index >= 15 is 0 Å². The molecule has 0 aliphatic carbocycles. The van der Waals surface area contributed by atoms with E-state index in [2.05, 4.69) is 27.0 Å². The number of likely N-dealkylation sites (tertiary alicyclic amines) is 1. The summed E-state index contributed by atoms with van der Waals surface area (Å²) >= 11 is 0. The average molecular weight is 546 g/mol. The molecule has 3 aliphatic heterocycles. The molecule has 0 aromatic rings. The molecule has 6 atom stereocenters. The van der Waals surface area contributed by atoms with Gasteiger partial charge in [0.2, 0.25) is 17.7 Å². The Labute approximate surface area is 235 Å². The van der Waals surface area contributed by atoms with Crippen LogP contribution in [-0.4, -0.2) is 94.1 Å². The summed E-state index contributed by atoms with van der Waals surface area (Å²) in [4.78, 5) is 48.2. The van der Waals surface area contributed by atoms with E-state index in [9.17, 15) is 14.4 Å². The van der Waals surface area contributed by atoms with Gasteiger partial charge in [0.05, 0.1) is 17.4 Å². The number of fused-ring (bicyclic) bond motifs is 1. The van der Waals surface area contributed by atoms with E-state index in [1.165, 1.54) is 0 Å². The number of carbonyl (C=O) groups excluding carboxylic acids is 3. The van der Waals surface area contributed by atoms with E-state index < -0.39 is 29.1 Å². The first-order chi connectivity index (χ1) is 18.7. The number of nitrogens with zero attached hydrogens (tertiary/aromatic N) is 3. The number of aliphatic hydroxyl groups excluding tert-OH is 1. The molecule has 2 bridgehead atoms. The van der Waals surface area contributed by atoms with Crippen molar-refractivity contribution in [1.29, 1.82) is 0 Å². The molecule has 3 amide bonds. The third-order valence-electron chi connectivity index (χ3n) is 9.22. The molecular weight excluding hydrogens is 494 g/mol. The number of ether oxygens (including phenoxy) is 1. The van der Waals surface area contributed by atoms with Gasteiger partial charge in [0.1, 0.15) is 11.6 Å². The van der Waals surface area contributed by atoms with Crippen molar-refractivity contribution < 1.29 is 24.2 Å². The Morgan fingerprint density at radius 1 is 1.03 bits per heavy atom. The third-order valence-corrected chi connectivity index (χ3v) is 9.22. The van der Waals surface area contributed by atoms with Crippen LogP contribution >= 0.6 is 0 Å². The lowest BCUT2D eigenvalue weighted by Crippen LogP contribution is -2.57. The van der Waals surface area contributed by atoms with Crippen molar-refractivity contribution in [2.45, 2.75) is 96.3 Å². The summed E-state index contributed by atoms with van der Waals surface area (Å²) in [5.74, 6) is -1.61. The maximum absolute atomic E-state index is 14.3. The summed E-state index contributed by atoms with van der Waals surface area (Å²) in [5, 5.41) is 9.17. The predicted octanol–water partition coefficient (Wildman–Crippen LogP) is 3.79. The van der Waals surface area contributed by atoms with Crippen LogP contribution in [0.4, 0.5) is 0 Å². The topological polar surface area (TPSA) is 90.4 Å². The second kappa shape index (κ2) is 13.4. The van der Waals surface area contributed by atoms with Crippen molar-refractivity contribution in [2.24, 2.45) is 17.8 Å². The number of aliphatic hydroxyl groups is 1. The van der Waals surface area contributed by atoms with Crippen LogP contribution in [0.2, 0.25) is 0 Å². The highest BCUT2D eigenvalue weighted by molar-refractivity contribution is 5.99. The van der Waals surface area contributed by atoms with Crippen LogP contribution in [0, 0.1) is 17.8 Å². The second-order valence-corrected chi connectivity index (χ2v) is 11.9. The molecule has 0 saturated carbocycles. The Kier molecular flexibility index (Phi) is 10.8. The van der Waals surface area contributed by atoms with Crippen LogP contribution in [0.25, 0.3) is 0 Å². The van der Waals surface area contributed by atoms with Gasteiger partial charge in [-0.25, -0.2) is 0 Å². The fourth-order valence-electron chi connectivity index (χ4n) is 7.27. The smallest absolute Gasteiger partial charge is 0.248 e.